The van der Waals surface area contributed by atoms with Crippen LogP contribution in [0.5, 0.6) is 0 Å². The maximum Gasteiger partial charge on any atom is 0.266 e. The number of rotatable bonds is 7. The molecule has 35 heavy (non-hydrogen) atoms. The van der Waals surface area contributed by atoms with Crippen LogP contribution in [0.25, 0.3) is 0 Å². The summed E-state index contributed by atoms with van der Waals surface area (Å²) in [6, 6.07) is 31.2. The van der Waals surface area contributed by atoms with E-state index in [1.807, 2.05) is 24.3 Å². The predicted octanol–water partition coefficient (Wildman–Crippen LogP) is 5.56. The summed E-state index contributed by atoms with van der Waals surface area (Å²) < 4.78 is 0. The first-order chi connectivity index (χ1) is 17.1. The van der Waals surface area contributed by atoms with Gasteiger partial charge in [-0.05, 0) is 34.7 Å². The number of anilines is 1. The minimum atomic E-state index is -0.227. The van der Waals surface area contributed by atoms with Crippen LogP contribution < -0.4 is 5.32 Å². The summed E-state index contributed by atoms with van der Waals surface area (Å²) in [6.07, 6.45) is 1.52. The van der Waals surface area contributed by atoms with E-state index in [1.54, 1.807) is 4.90 Å². The van der Waals surface area contributed by atoms with Crippen molar-refractivity contribution >= 4 is 11.6 Å². The Morgan fingerprint density at radius 1 is 0.829 bits per heavy atom. The molecule has 1 aliphatic rings. The Morgan fingerprint density at radius 3 is 1.86 bits per heavy atom. The van der Waals surface area contributed by atoms with Gasteiger partial charge in [0.1, 0.15) is 11.6 Å². The highest BCUT2D eigenvalue weighted by Gasteiger charge is 2.29. The van der Waals surface area contributed by atoms with Crippen LogP contribution in [-0.2, 0) is 4.79 Å². The Hall–Kier alpha value is -3.88. The molecule has 1 heterocycles. The monoisotopic (exact) mass is 464 g/mol. The second-order valence-corrected chi connectivity index (χ2v) is 9.14. The molecule has 0 aromatic heterocycles. The van der Waals surface area contributed by atoms with Crippen LogP contribution in [0.4, 0.5) is 5.69 Å². The lowest BCUT2D eigenvalue weighted by Gasteiger charge is -2.39. The van der Waals surface area contributed by atoms with Crippen LogP contribution in [0.1, 0.15) is 42.5 Å². The van der Waals surface area contributed by atoms with Crippen molar-refractivity contribution in [2.45, 2.75) is 25.8 Å². The highest BCUT2D eigenvalue weighted by atomic mass is 16.2. The highest BCUT2D eigenvalue weighted by molar-refractivity contribution is 5.97. The van der Waals surface area contributed by atoms with Gasteiger partial charge >= 0.3 is 0 Å². The van der Waals surface area contributed by atoms with Gasteiger partial charge in [0.05, 0.1) is 6.04 Å². The molecule has 1 amide bonds. The summed E-state index contributed by atoms with van der Waals surface area (Å²) >= 11 is 0. The maximum absolute atomic E-state index is 13.1. The SMILES string of the molecule is CC(C)c1ccc(N/C=C(/C#N)C(=O)N2CCN(C(c3ccccc3)c3ccccc3)CC2)cc1. The number of piperazine rings is 1. The normalized spacial score (nSPS) is 14.7. The topological polar surface area (TPSA) is 59.4 Å². The molecular weight excluding hydrogens is 432 g/mol. The van der Waals surface area contributed by atoms with Crippen LogP contribution in [0.3, 0.4) is 0 Å². The molecule has 1 fully saturated rings. The van der Waals surface area contributed by atoms with Gasteiger partial charge in [0, 0.05) is 38.1 Å². The number of benzene rings is 3. The molecule has 1 saturated heterocycles. The molecule has 3 aromatic carbocycles. The van der Waals surface area contributed by atoms with Crippen LogP contribution >= 0.6 is 0 Å². The minimum absolute atomic E-state index is 0.119. The second kappa shape index (κ2) is 11.5. The number of carbonyl (C=O) groups excluding carboxylic acids is 1. The van der Waals surface area contributed by atoms with E-state index in [4.69, 9.17) is 0 Å². The zero-order chi connectivity index (χ0) is 24.6. The molecule has 1 aliphatic heterocycles. The zero-order valence-electron chi connectivity index (χ0n) is 20.4. The average Bonchev–Trinajstić information content (AvgIpc) is 2.91. The number of carbonyl (C=O) groups is 1. The van der Waals surface area contributed by atoms with Gasteiger partial charge in [-0.1, -0.05) is 86.6 Å². The fraction of sp³-hybridized carbons (Fsp3) is 0.267. The molecule has 0 bridgehead atoms. The standard InChI is InChI=1S/C30H32N4O/c1-23(2)24-13-15-28(16-14-24)32-22-27(21-31)30(35)34-19-17-33(18-20-34)29(25-9-5-3-6-10-25)26-11-7-4-8-12-26/h3-16,22-23,29,32H,17-20H2,1-2H3/b27-22-. The molecule has 3 aromatic rings. The molecule has 1 N–H and O–H groups in total. The number of hydrogen-bond donors (Lipinski definition) is 1. The Morgan fingerprint density at radius 2 is 1.37 bits per heavy atom. The Kier molecular flexibility index (Phi) is 7.97. The Bertz CT molecular complexity index is 1130. The van der Waals surface area contributed by atoms with Crippen molar-refractivity contribution in [1.82, 2.24) is 9.80 Å². The van der Waals surface area contributed by atoms with Crippen LogP contribution in [-0.4, -0.2) is 41.9 Å². The van der Waals surface area contributed by atoms with Gasteiger partial charge in [-0.2, -0.15) is 5.26 Å². The fourth-order valence-corrected chi connectivity index (χ4v) is 4.50. The first-order valence-corrected chi connectivity index (χ1v) is 12.2. The molecular formula is C30H32N4O. The number of hydrogen-bond acceptors (Lipinski definition) is 4. The van der Waals surface area contributed by atoms with Crippen molar-refractivity contribution in [3.8, 4) is 6.07 Å². The summed E-state index contributed by atoms with van der Waals surface area (Å²) in [5.41, 5.74) is 4.70. The summed E-state index contributed by atoms with van der Waals surface area (Å²) in [4.78, 5) is 17.3. The Labute approximate surface area is 208 Å². The number of amides is 1. The highest BCUT2D eigenvalue weighted by Crippen LogP contribution is 2.29. The van der Waals surface area contributed by atoms with E-state index in [1.165, 1.54) is 22.9 Å². The van der Waals surface area contributed by atoms with E-state index in [9.17, 15) is 10.1 Å². The molecule has 0 atom stereocenters. The van der Waals surface area contributed by atoms with E-state index in [0.29, 0.717) is 19.0 Å². The summed E-state index contributed by atoms with van der Waals surface area (Å²) in [5, 5.41) is 12.8. The van der Waals surface area contributed by atoms with Crippen LogP contribution in [0, 0.1) is 11.3 Å². The van der Waals surface area contributed by atoms with Gasteiger partial charge < -0.3 is 10.2 Å². The summed E-state index contributed by atoms with van der Waals surface area (Å²) in [7, 11) is 0. The third-order valence-electron chi connectivity index (χ3n) is 6.51. The predicted molar refractivity (Wildman–Crippen MR) is 141 cm³/mol. The Balaban J connectivity index is 1.42. The molecule has 5 nitrogen and oxygen atoms in total. The van der Waals surface area contributed by atoms with E-state index in [-0.39, 0.29) is 17.5 Å². The molecule has 0 aliphatic carbocycles. The van der Waals surface area contributed by atoms with Gasteiger partial charge in [0.15, 0.2) is 0 Å². The van der Waals surface area contributed by atoms with E-state index in [0.717, 1.165) is 18.8 Å². The lowest BCUT2D eigenvalue weighted by molar-refractivity contribution is -0.128. The first kappa shape index (κ1) is 24.3. The molecule has 0 unspecified atom stereocenters. The van der Waals surface area contributed by atoms with Gasteiger partial charge in [-0.15, -0.1) is 0 Å². The van der Waals surface area contributed by atoms with Crippen molar-refractivity contribution in [3.05, 3.63) is 113 Å². The number of nitrogens with one attached hydrogen (secondary N) is 1. The van der Waals surface area contributed by atoms with Gasteiger partial charge in [0.25, 0.3) is 5.91 Å². The van der Waals surface area contributed by atoms with Crippen molar-refractivity contribution in [3.63, 3.8) is 0 Å². The third kappa shape index (κ3) is 5.98. The number of nitriles is 1. The zero-order valence-corrected chi connectivity index (χ0v) is 20.4. The molecule has 5 heteroatoms. The molecule has 4 rings (SSSR count). The first-order valence-electron chi connectivity index (χ1n) is 12.2. The smallest absolute Gasteiger partial charge is 0.266 e. The quantitative estimate of drug-likeness (QED) is 0.367. The fourth-order valence-electron chi connectivity index (χ4n) is 4.50. The largest absolute Gasteiger partial charge is 0.360 e. The molecule has 0 radical (unpaired) electrons. The molecule has 0 spiro atoms. The maximum atomic E-state index is 13.1. The van der Waals surface area contributed by atoms with Gasteiger partial charge in [-0.25, -0.2) is 0 Å². The van der Waals surface area contributed by atoms with Gasteiger partial charge in [-0.3, -0.25) is 9.69 Å². The summed E-state index contributed by atoms with van der Waals surface area (Å²) in [5.74, 6) is 0.229. The van der Waals surface area contributed by atoms with Crippen LogP contribution in [0.2, 0.25) is 0 Å². The van der Waals surface area contributed by atoms with Crippen molar-refractivity contribution in [2.24, 2.45) is 0 Å². The lowest BCUT2D eigenvalue weighted by atomic mass is 9.96. The second-order valence-electron chi connectivity index (χ2n) is 9.14. The van der Waals surface area contributed by atoms with Crippen molar-refractivity contribution in [2.75, 3.05) is 31.5 Å². The summed E-state index contributed by atoms with van der Waals surface area (Å²) in [6.45, 7) is 6.94. The van der Waals surface area contributed by atoms with E-state index < -0.39 is 0 Å². The minimum Gasteiger partial charge on any atom is -0.360 e. The van der Waals surface area contributed by atoms with Crippen molar-refractivity contribution in [1.29, 1.82) is 5.26 Å². The van der Waals surface area contributed by atoms with Gasteiger partial charge in [0.2, 0.25) is 0 Å². The van der Waals surface area contributed by atoms with Crippen molar-refractivity contribution < 1.29 is 4.79 Å². The van der Waals surface area contributed by atoms with Crippen LogP contribution in [0.15, 0.2) is 96.7 Å². The molecule has 178 valence electrons. The number of nitrogens with zero attached hydrogens (tertiary/aromatic N) is 3. The molecule has 0 saturated carbocycles. The third-order valence-corrected chi connectivity index (χ3v) is 6.51. The van der Waals surface area contributed by atoms with E-state index in [2.05, 4.69) is 90.8 Å². The lowest BCUT2D eigenvalue weighted by Crippen LogP contribution is -2.50. The average molecular weight is 465 g/mol. The van der Waals surface area contributed by atoms with E-state index >= 15 is 0 Å².